The lowest BCUT2D eigenvalue weighted by molar-refractivity contribution is 0.0241. The van der Waals surface area contributed by atoms with Gasteiger partial charge in [0, 0.05) is 18.8 Å². The predicted octanol–water partition coefficient (Wildman–Crippen LogP) is 2.46. The summed E-state index contributed by atoms with van der Waals surface area (Å²) in [5.74, 6) is 0.269. The minimum absolute atomic E-state index is 0.153. The molecule has 0 unspecified atom stereocenters. The van der Waals surface area contributed by atoms with Gasteiger partial charge in [-0.2, -0.15) is 5.26 Å². The van der Waals surface area contributed by atoms with Gasteiger partial charge < -0.3 is 9.64 Å². The number of aromatic nitrogens is 1. The summed E-state index contributed by atoms with van der Waals surface area (Å²) in [5, 5.41) is 9.37. The van der Waals surface area contributed by atoms with Gasteiger partial charge in [-0.15, -0.1) is 0 Å². The zero-order valence-corrected chi connectivity index (χ0v) is 14.4. The Hall–Kier alpha value is -1.94. The first kappa shape index (κ1) is 17.4. The molecule has 0 aliphatic carbocycles. The molecule has 23 heavy (non-hydrogen) atoms. The second kappa shape index (κ2) is 7.09. The first-order valence-electron chi connectivity index (χ1n) is 7.55. The van der Waals surface area contributed by atoms with E-state index in [1.165, 1.54) is 6.20 Å². The third-order valence-electron chi connectivity index (χ3n) is 3.46. The van der Waals surface area contributed by atoms with Crippen molar-refractivity contribution < 1.29 is 13.7 Å². The molecule has 0 saturated carbocycles. The number of ether oxygens (including phenoxy) is 1. The molecule has 7 heteroatoms. The van der Waals surface area contributed by atoms with Crippen molar-refractivity contribution in [1.82, 2.24) is 9.88 Å². The van der Waals surface area contributed by atoms with Gasteiger partial charge in [-0.05, 0) is 45.7 Å². The Morgan fingerprint density at radius 2 is 2.30 bits per heavy atom. The van der Waals surface area contributed by atoms with Crippen molar-refractivity contribution in [3.8, 4) is 6.07 Å². The Morgan fingerprint density at radius 3 is 2.96 bits per heavy atom. The fraction of sp³-hybridized carbons (Fsp3) is 0.562. The van der Waals surface area contributed by atoms with Gasteiger partial charge in [-0.1, -0.05) is 0 Å². The van der Waals surface area contributed by atoms with Crippen LogP contribution in [-0.2, 0) is 15.5 Å². The first-order chi connectivity index (χ1) is 10.8. The maximum Gasteiger partial charge on any atom is 0.410 e. The third kappa shape index (κ3) is 4.52. The van der Waals surface area contributed by atoms with E-state index in [0.717, 1.165) is 12.8 Å². The number of pyridine rings is 1. The molecule has 1 aromatic rings. The fourth-order valence-corrected chi connectivity index (χ4v) is 3.87. The largest absolute Gasteiger partial charge is 0.444 e. The monoisotopic (exact) mass is 335 g/mol. The van der Waals surface area contributed by atoms with E-state index in [1.807, 2.05) is 26.8 Å². The van der Waals surface area contributed by atoms with Crippen LogP contribution in [0.4, 0.5) is 4.79 Å². The molecule has 1 aromatic heterocycles. The second-order valence-corrected chi connectivity index (χ2v) is 7.86. The zero-order valence-electron chi connectivity index (χ0n) is 13.6. The van der Waals surface area contributed by atoms with Gasteiger partial charge in [0.1, 0.15) is 16.7 Å². The van der Waals surface area contributed by atoms with E-state index in [9.17, 15) is 9.00 Å². The van der Waals surface area contributed by atoms with E-state index in [1.54, 1.807) is 17.0 Å². The van der Waals surface area contributed by atoms with Crippen molar-refractivity contribution in [3.05, 3.63) is 23.9 Å². The molecule has 1 amide bonds. The molecule has 0 spiro atoms. The standard InChI is InChI=1S/C16H21N3O3S/c1-16(2,3)22-15(20)19-9-5-7-13(19)11-23(21)14-12(10-17)6-4-8-18-14/h4,6,8,13H,5,7,9,11H2,1-3H3/t13-,23-/m1/s1. The fourth-order valence-electron chi connectivity index (χ4n) is 2.48. The highest BCUT2D eigenvalue weighted by Gasteiger charge is 2.33. The van der Waals surface area contributed by atoms with Crippen molar-refractivity contribution >= 4 is 16.9 Å². The van der Waals surface area contributed by atoms with Crippen LogP contribution in [0.25, 0.3) is 0 Å². The molecule has 1 aliphatic heterocycles. The summed E-state index contributed by atoms with van der Waals surface area (Å²) in [7, 11) is -1.43. The number of likely N-dealkylation sites (tertiary alicyclic amines) is 1. The van der Waals surface area contributed by atoms with Gasteiger partial charge in [0.25, 0.3) is 0 Å². The van der Waals surface area contributed by atoms with Crippen LogP contribution in [0.1, 0.15) is 39.2 Å². The number of nitriles is 1. The highest BCUT2D eigenvalue weighted by Crippen LogP contribution is 2.23. The van der Waals surface area contributed by atoms with Crippen LogP contribution >= 0.6 is 0 Å². The summed E-state index contributed by atoms with van der Waals surface area (Å²) < 4.78 is 18.0. The smallest absolute Gasteiger partial charge is 0.410 e. The minimum Gasteiger partial charge on any atom is -0.444 e. The molecule has 0 radical (unpaired) electrons. The van der Waals surface area contributed by atoms with Gasteiger partial charge in [-0.25, -0.2) is 9.78 Å². The Labute approximate surface area is 138 Å². The number of nitrogens with zero attached hydrogens (tertiary/aromatic N) is 3. The Balaban J connectivity index is 2.08. The number of amides is 1. The third-order valence-corrected chi connectivity index (χ3v) is 4.90. The van der Waals surface area contributed by atoms with Gasteiger partial charge in [0.2, 0.25) is 0 Å². The number of carbonyl (C=O) groups excluding carboxylic acids is 1. The average molecular weight is 335 g/mol. The average Bonchev–Trinajstić information content (AvgIpc) is 2.93. The van der Waals surface area contributed by atoms with Crippen molar-refractivity contribution in [2.75, 3.05) is 12.3 Å². The van der Waals surface area contributed by atoms with Crippen LogP contribution in [0.5, 0.6) is 0 Å². The van der Waals surface area contributed by atoms with Crippen molar-refractivity contribution in [3.63, 3.8) is 0 Å². The molecule has 1 fully saturated rings. The highest BCUT2D eigenvalue weighted by molar-refractivity contribution is 7.85. The van der Waals surface area contributed by atoms with Crippen LogP contribution in [-0.4, -0.2) is 44.1 Å². The van der Waals surface area contributed by atoms with E-state index in [2.05, 4.69) is 4.98 Å². The number of hydrogen-bond donors (Lipinski definition) is 0. The van der Waals surface area contributed by atoms with Crippen LogP contribution in [0.2, 0.25) is 0 Å². The van der Waals surface area contributed by atoms with Gasteiger partial charge >= 0.3 is 6.09 Å². The molecule has 1 saturated heterocycles. The van der Waals surface area contributed by atoms with Crippen LogP contribution in [0, 0.1) is 11.3 Å². The van der Waals surface area contributed by atoms with Crippen LogP contribution in [0.3, 0.4) is 0 Å². The van der Waals surface area contributed by atoms with Gasteiger partial charge in [-0.3, -0.25) is 4.21 Å². The Kier molecular flexibility index (Phi) is 5.37. The second-order valence-electron chi connectivity index (χ2n) is 6.45. The summed E-state index contributed by atoms with van der Waals surface area (Å²) in [6, 6.07) is 5.09. The first-order valence-corrected chi connectivity index (χ1v) is 8.87. The molecule has 1 aliphatic rings. The molecule has 2 rings (SSSR count). The maximum absolute atomic E-state index is 12.6. The van der Waals surface area contributed by atoms with E-state index in [-0.39, 0.29) is 22.9 Å². The topological polar surface area (TPSA) is 83.3 Å². The lowest BCUT2D eigenvalue weighted by Gasteiger charge is -2.28. The van der Waals surface area contributed by atoms with E-state index in [4.69, 9.17) is 10.00 Å². The molecule has 124 valence electrons. The molecule has 2 heterocycles. The lowest BCUT2D eigenvalue weighted by atomic mass is 10.2. The maximum atomic E-state index is 12.6. The zero-order chi connectivity index (χ0) is 17.0. The summed E-state index contributed by atoms with van der Waals surface area (Å²) in [5.41, 5.74) is -0.245. The van der Waals surface area contributed by atoms with Gasteiger partial charge in [0.15, 0.2) is 0 Å². The number of hydrogen-bond acceptors (Lipinski definition) is 5. The quantitative estimate of drug-likeness (QED) is 0.847. The predicted molar refractivity (Wildman–Crippen MR) is 86.2 cm³/mol. The number of carbonyl (C=O) groups is 1. The Morgan fingerprint density at radius 1 is 1.57 bits per heavy atom. The van der Waals surface area contributed by atoms with E-state index < -0.39 is 16.4 Å². The summed E-state index contributed by atoms with van der Waals surface area (Å²) >= 11 is 0. The normalized spacial score (nSPS) is 19.2. The van der Waals surface area contributed by atoms with Crippen LogP contribution in [0.15, 0.2) is 23.4 Å². The summed E-state index contributed by atoms with van der Waals surface area (Å²) in [6.07, 6.45) is 2.78. The highest BCUT2D eigenvalue weighted by atomic mass is 32.2. The Bertz CT molecular complexity index is 649. The molecule has 2 atom stereocenters. The van der Waals surface area contributed by atoms with Crippen molar-refractivity contribution in [1.29, 1.82) is 5.26 Å². The minimum atomic E-state index is -1.43. The van der Waals surface area contributed by atoms with E-state index in [0.29, 0.717) is 12.1 Å². The van der Waals surface area contributed by atoms with Gasteiger partial charge in [0.05, 0.1) is 22.1 Å². The lowest BCUT2D eigenvalue weighted by Crippen LogP contribution is -2.42. The SMILES string of the molecule is CC(C)(C)OC(=O)N1CCC[C@@H]1C[S@@](=O)c1ncccc1C#N. The number of rotatable bonds is 3. The molecular formula is C16H21N3O3S. The van der Waals surface area contributed by atoms with Crippen molar-refractivity contribution in [2.45, 2.75) is 50.3 Å². The van der Waals surface area contributed by atoms with Crippen LogP contribution < -0.4 is 0 Å². The molecule has 0 aromatic carbocycles. The van der Waals surface area contributed by atoms with E-state index >= 15 is 0 Å². The summed E-state index contributed by atoms with van der Waals surface area (Å²) in [4.78, 5) is 17.9. The van der Waals surface area contributed by atoms with Crippen molar-refractivity contribution in [2.24, 2.45) is 0 Å². The summed E-state index contributed by atoms with van der Waals surface area (Å²) in [6.45, 7) is 6.06. The molecule has 0 N–H and O–H groups in total. The molecular weight excluding hydrogens is 314 g/mol. The molecule has 6 nitrogen and oxygen atoms in total. The molecule has 0 bridgehead atoms.